The van der Waals surface area contributed by atoms with E-state index in [-0.39, 0.29) is 18.5 Å². The van der Waals surface area contributed by atoms with Crippen molar-refractivity contribution < 1.29 is 32.3 Å². The van der Waals surface area contributed by atoms with Gasteiger partial charge in [-0.25, -0.2) is 15.4 Å². The SMILES string of the molecule is COc1ncc(-c2cccc3c2C[C@H](C(COCC(F)(F)F)ONC(=O)c2ccncc2)CC3)cn1. The second-order valence-electron chi connectivity index (χ2n) is 8.36. The Morgan fingerprint density at radius 3 is 2.61 bits per heavy atom. The predicted octanol–water partition coefficient (Wildman–Crippen LogP) is 3.96. The molecular weight excluding hydrogens is 477 g/mol. The average molecular weight is 502 g/mol. The van der Waals surface area contributed by atoms with Crippen molar-refractivity contribution in [3.63, 3.8) is 0 Å². The Bertz CT molecular complexity index is 1160. The Labute approximate surface area is 205 Å². The summed E-state index contributed by atoms with van der Waals surface area (Å²) in [5, 5.41) is 0. The zero-order valence-corrected chi connectivity index (χ0v) is 19.5. The fourth-order valence-electron chi connectivity index (χ4n) is 4.21. The van der Waals surface area contributed by atoms with Crippen molar-refractivity contribution in [2.45, 2.75) is 31.5 Å². The van der Waals surface area contributed by atoms with Crippen LogP contribution in [0.2, 0.25) is 0 Å². The zero-order chi connectivity index (χ0) is 25.5. The number of amides is 1. The number of carbonyl (C=O) groups is 1. The number of carbonyl (C=O) groups excluding carboxylic acids is 1. The molecule has 3 aromatic rings. The topological polar surface area (TPSA) is 95.5 Å². The van der Waals surface area contributed by atoms with Gasteiger partial charge in [0.15, 0.2) is 0 Å². The molecule has 1 aliphatic rings. The van der Waals surface area contributed by atoms with Crippen LogP contribution >= 0.6 is 0 Å². The lowest BCUT2D eigenvalue weighted by Gasteiger charge is -2.32. The van der Waals surface area contributed by atoms with Crippen LogP contribution in [0, 0.1) is 5.92 Å². The summed E-state index contributed by atoms with van der Waals surface area (Å²) in [5.74, 6) is -0.728. The summed E-state index contributed by atoms with van der Waals surface area (Å²) in [7, 11) is 1.48. The third-order valence-corrected chi connectivity index (χ3v) is 5.96. The number of ether oxygens (including phenoxy) is 2. The van der Waals surface area contributed by atoms with Crippen LogP contribution in [0.3, 0.4) is 0 Å². The Kier molecular flexibility index (Phi) is 8.11. The molecule has 0 spiro atoms. The van der Waals surface area contributed by atoms with Crippen molar-refractivity contribution in [2.75, 3.05) is 20.3 Å². The number of alkyl halides is 3. The lowest BCUT2D eigenvalue weighted by molar-refractivity contribution is -0.187. The number of hydroxylamine groups is 1. The van der Waals surface area contributed by atoms with E-state index in [0.29, 0.717) is 24.8 Å². The molecule has 1 aliphatic carbocycles. The van der Waals surface area contributed by atoms with Crippen LogP contribution < -0.4 is 10.2 Å². The minimum Gasteiger partial charge on any atom is -0.467 e. The number of nitrogens with zero attached hydrogens (tertiary/aromatic N) is 3. The van der Waals surface area contributed by atoms with Gasteiger partial charge in [-0.3, -0.25) is 14.6 Å². The van der Waals surface area contributed by atoms with E-state index < -0.39 is 24.8 Å². The summed E-state index contributed by atoms with van der Waals surface area (Å²) < 4.78 is 48.1. The first kappa shape index (κ1) is 25.5. The van der Waals surface area contributed by atoms with Gasteiger partial charge in [0, 0.05) is 35.9 Å². The van der Waals surface area contributed by atoms with Crippen LogP contribution in [0.25, 0.3) is 11.1 Å². The Morgan fingerprint density at radius 2 is 1.92 bits per heavy atom. The van der Waals surface area contributed by atoms with E-state index in [1.807, 2.05) is 18.2 Å². The van der Waals surface area contributed by atoms with Crippen LogP contribution in [0.5, 0.6) is 6.01 Å². The summed E-state index contributed by atoms with van der Waals surface area (Å²) in [4.78, 5) is 30.3. The number of rotatable bonds is 9. The molecule has 1 unspecified atom stereocenters. The van der Waals surface area contributed by atoms with Crippen molar-refractivity contribution in [3.8, 4) is 17.1 Å². The van der Waals surface area contributed by atoms with Crippen molar-refractivity contribution >= 4 is 5.91 Å². The molecular formula is C25H25F3N4O4. The number of fused-ring (bicyclic) bond motifs is 1. The predicted molar refractivity (Wildman–Crippen MR) is 123 cm³/mol. The molecule has 2 aromatic heterocycles. The highest BCUT2D eigenvalue weighted by atomic mass is 19.4. The summed E-state index contributed by atoms with van der Waals surface area (Å²) in [6.45, 7) is -1.73. The molecule has 0 bridgehead atoms. The van der Waals surface area contributed by atoms with Gasteiger partial charge in [-0.1, -0.05) is 18.2 Å². The standard InChI is InChI=1S/C25H25F3N4O4/c1-34-24-30-12-19(13-31-24)20-4-2-3-16-5-6-18(11-21(16)20)22(14-35-15-25(26,27)28)36-32-23(33)17-7-9-29-10-8-17/h2-4,7-10,12-13,18,22H,5-6,11,14-15H2,1H3,(H,32,33)/t18-,22?/m1/s1. The first-order valence-electron chi connectivity index (χ1n) is 11.3. The number of aromatic nitrogens is 3. The van der Waals surface area contributed by atoms with Gasteiger partial charge in [0.1, 0.15) is 12.7 Å². The molecule has 1 N–H and O–H groups in total. The van der Waals surface area contributed by atoms with Crippen LogP contribution in [0.1, 0.15) is 27.9 Å². The smallest absolute Gasteiger partial charge is 0.411 e. The monoisotopic (exact) mass is 502 g/mol. The van der Waals surface area contributed by atoms with Crippen molar-refractivity contribution in [3.05, 3.63) is 71.8 Å². The molecule has 190 valence electrons. The van der Waals surface area contributed by atoms with Crippen molar-refractivity contribution in [2.24, 2.45) is 5.92 Å². The number of pyridine rings is 1. The molecule has 4 rings (SSSR count). The molecule has 36 heavy (non-hydrogen) atoms. The van der Waals surface area contributed by atoms with Gasteiger partial charge in [0.05, 0.1) is 13.7 Å². The lowest BCUT2D eigenvalue weighted by atomic mass is 9.78. The highest BCUT2D eigenvalue weighted by molar-refractivity contribution is 5.93. The molecule has 0 saturated carbocycles. The molecule has 1 amide bonds. The number of aryl methyl sites for hydroxylation is 1. The molecule has 0 fully saturated rings. The first-order valence-corrected chi connectivity index (χ1v) is 11.3. The number of benzene rings is 1. The molecule has 0 radical (unpaired) electrons. The number of methoxy groups -OCH3 is 1. The minimum absolute atomic E-state index is 0.205. The Balaban J connectivity index is 1.52. The van der Waals surface area contributed by atoms with E-state index in [0.717, 1.165) is 22.3 Å². The van der Waals surface area contributed by atoms with Crippen LogP contribution in [0.15, 0.2) is 55.1 Å². The molecule has 0 saturated heterocycles. The summed E-state index contributed by atoms with van der Waals surface area (Å²) in [6, 6.07) is 9.20. The Hall–Kier alpha value is -3.57. The van der Waals surface area contributed by atoms with Gasteiger partial charge in [-0.15, -0.1) is 0 Å². The summed E-state index contributed by atoms with van der Waals surface area (Å²) in [5.41, 5.74) is 6.57. The van der Waals surface area contributed by atoms with E-state index >= 15 is 0 Å². The maximum Gasteiger partial charge on any atom is 0.411 e. The normalized spacial score (nSPS) is 16.2. The highest BCUT2D eigenvalue weighted by Crippen LogP contribution is 2.35. The van der Waals surface area contributed by atoms with Crippen LogP contribution in [-0.2, 0) is 22.4 Å². The number of hydrogen-bond acceptors (Lipinski definition) is 7. The van der Waals surface area contributed by atoms with Crippen molar-refractivity contribution in [1.82, 2.24) is 20.4 Å². The van der Waals surface area contributed by atoms with Gasteiger partial charge in [-0.2, -0.15) is 13.2 Å². The van der Waals surface area contributed by atoms with Gasteiger partial charge in [0.2, 0.25) is 0 Å². The summed E-state index contributed by atoms with van der Waals surface area (Å²) >= 11 is 0. The van der Waals surface area contributed by atoms with Gasteiger partial charge in [0.25, 0.3) is 5.91 Å². The van der Waals surface area contributed by atoms with E-state index in [9.17, 15) is 18.0 Å². The number of halogens is 3. The quantitative estimate of drug-likeness (QED) is 0.443. The van der Waals surface area contributed by atoms with Crippen LogP contribution in [0.4, 0.5) is 13.2 Å². The van der Waals surface area contributed by atoms with E-state index in [4.69, 9.17) is 14.3 Å². The minimum atomic E-state index is -4.47. The lowest BCUT2D eigenvalue weighted by Crippen LogP contribution is -2.40. The van der Waals surface area contributed by atoms with E-state index in [2.05, 4.69) is 20.4 Å². The van der Waals surface area contributed by atoms with Gasteiger partial charge >= 0.3 is 12.2 Å². The fourth-order valence-corrected chi connectivity index (χ4v) is 4.21. The van der Waals surface area contributed by atoms with Crippen LogP contribution in [-0.4, -0.2) is 53.5 Å². The average Bonchev–Trinajstić information content (AvgIpc) is 2.89. The van der Waals surface area contributed by atoms with E-state index in [1.165, 1.54) is 31.6 Å². The third kappa shape index (κ3) is 6.55. The number of nitrogens with one attached hydrogen (secondary N) is 1. The molecule has 8 nitrogen and oxygen atoms in total. The van der Waals surface area contributed by atoms with Gasteiger partial charge < -0.3 is 9.47 Å². The zero-order valence-electron chi connectivity index (χ0n) is 19.5. The van der Waals surface area contributed by atoms with E-state index in [1.54, 1.807) is 12.4 Å². The third-order valence-electron chi connectivity index (χ3n) is 5.96. The molecule has 0 aliphatic heterocycles. The molecule has 2 atom stereocenters. The first-order chi connectivity index (χ1) is 17.3. The second-order valence-corrected chi connectivity index (χ2v) is 8.36. The summed E-state index contributed by atoms with van der Waals surface area (Å²) in [6.07, 6.45) is 2.85. The Morgan fingerprint density at radius 1 is 1.17 bits per heavy atom. The maximum atomic E-state index is 12.7. The molecule has 11 heteroatoms. The number of hydrogen-bond donors (Lipinski definition) is 1. The van der Waals surface area contributed by atoms with Crippen molar-refractivity contribution in [1.29, 1.82) is 0 Å². The largest absolute Gasteiger partial charge is 0.467 e. The molecule has 2 heterocycles. The second kappa shape index (κ2) is 11.4. The van der Waals surface area contributed by atoms with Gasteiger partial charge in [-0.05, 0) is 54.0 Å². The molecule has 1 aromatic carbocycles. The maximum absolute atomic E-state index is 12.7. The fraction of sp³-hybridized carbons (Fsp3) is 0.360. The highest BCUT2D eigenvalue weighted by Gasteiger charge is 2.32.